The van der Waals surface area contributed by atoms with E-state index in [1.165, 1.54) is 6.08 Å². The van der Waals surface area contributed by atoms with Crippen LogP contribution >= 0.6 is 0 Å². The first-order valence-corrected chi connectivity index (χ1v) is 6.40. The Morgan fingerprint density at radius 1 is 1.05 bits per heavy atom. The molecule has 0 radical (unpaired) electrons. The molecule has 0 unspecified atom stereocenters. The Kier molecular flexibility index (Phi) is 3.98. The summed E-state index contributed by atoms with van der Waals surface area (Å²) in [7, 11) is 0. The maximum Gasteiger partial charge on any atom is 0.328 e. The topological polar surface area (TPSA) is 75.3 Å². The summed E-state index contributed by atoms with van der Waals surface area (Å²) in [6.45, 7) is 3.60. The van der Waals surface area contributed by atoms with Crippen molar-refractivity contribution in [1.29, 1.82) is 0 Å². The number of hydrogen-bond donors (Lipinski definition) is 2. The van der Waals surface area contributed by atoms with Crippen molar-refractivity contribution in [3.63, 3.8) is 0 Å². The van der Waals surface area contributed by atoms with E-state index >= 15 is 0 Å². The van der Waals surface area contributed by atoms with E-state index in [0.29, 0.717) is 12.8 Å². The Morgan fingerprint density at radius 2 is 1.65 bits per heavy atom. The van der Waals surface area contributed by atoms with Gasteiger partial charge in [-0.15, -0.1) is 6.58 Å². The van der Waals surface area contributed by atoms with E-state index in [1.54, 1.807) is 0 Å². The zero-order valence-electron chi connectivity index (χ0n) is 11.0. The first-order chi connectivity index (χ1) is 9.58. The fourth-order valence-corrected chi connectivity index (χ4v) is 2.34. The second-order valence-electron chi connectivity index (χ2n) is 4.80. The van der Waals surface area contributed by atoms with Crippen LogP contribution in [0.4, 0.5) is 4.79 Å². The predicted octanol–water partition coefficient (Wildman–Crippen LogP) is 1.55. The lowest BCUT2D eigenvalue weighted by Crippen LogP contribution is -2.62. The molecule has 0 saturated carbocycles. The SMILES string of the molecule is C=CCC1(CCc2ccccc2)C(=O)NC(=O)NC1=O. The maximum absolute atomic E-state index is 12.1. The number of urea groups is 1. The van der Waals surface area contributed by atoms with Gasteiger partial charge in [-0.1, -0.05) is 36.4 Å². The Morgan fingerprint density at radius 3 is 2.20 bits per heavy atom. The van der Waals surface area contributed by atoms with Crippen molar-refractivity contribution in [3.05, 3.63) is 48.6 Å². The van der Waals surface area contributed by atoms with Crippen molar-refractivity contribution >= 4 is 17.8 Å². The first kappa shape index (κ1) is 14.0. The summed E-state index contributed by atoms with van der Waals surface area (Å²) >= 11 is 0. The van der Waals surface area contributed by atoms with Gasteiger partial charge in [-0.2, -0.15) is 0 Å². The van der Waals surface area contributed by atoms with Gasteiger partial charge >= 0.3 is 6.03 Å². The van der Waals surface area contributed by atoms with Gasteiger partial charge in [0.25, 0.3) is 0 Å². The lowest BCUT2D eigenvalue weighted by atomic mass is 9.76. The third kappa shape index (κ3) is 2.61. The predicted molar refractivity (Wildman–Crippen MR) is 73.7 cm³/mol. The van der Waals surface area contributed by atoms with Crippen molar-refractivity contribution in [1.82, 2.24) is 10.6 Å². The molecule has 0 aliphatic carbocycles. The molecule has 1 aliphatic rings. The molecule has 1 aromatic carbocycles. The molecular formula is C15H16N2O3. The molecule has 1 fully saturated rings. The van der Waals surface area contributed by atoms with E-state index in [0.717, 1.165) is 5.56 Å². The standard InChI is InChI=1S/C15H16N2O3/c1-2-9-15(10-8-11-6-4-3-5-7-11)12(18)16-14(20)17-13(15)19/h2-7H,1,8-10H2,(H2,16,17,18,19,20). The molecule has 1 saturated heterocycles. The number of imide groups is 2. The fraction of sp³-hybridized carbons (Fsp3) is 0.267. The molecule has 4 amide bonds. The van der Waals surface area contributed by atoms with Crippen molar-refractivity contribution in [2.45, 2.75) is 19.3 Å². The van der Waals surface area contributed by atoms with Crippen molar-refractivity contribution in [3.8, 4) is 0 Å². The zero-order chi connectivity index (χ0) is 14.6. The number of barbiturate groups is 1. The van der Waals surface area contributed by atoms with E-state index < -0.39 is 23.3 Å². The van der Waals surface area contributed by atoms with Gasteiger partial charge in [0.1, 0.15) is 5.41 Å². The van der Waals surface area contributed by atoms with Gasteiger partial charge in [0, 0.05) is 0 Å². The van der Waals surface area contributed by atoms with Crippen LogP contribution in [0.2, 0.25) is 0 Å². The van der Waals surface area contributed by atoms with Crippen LogP contribution in [0.5, 0.6) is 0 Å². The quantitative estimate of drug-likeness (QED) is 0.630. The molecule has 5 nitrogen and oxygen atoms in total. The fourth-order valence-electron chi connectivity index (χ4n) is 2.34. The van der Waals surface area contributed by atoms with E-state index in [-0.39, 0.29) is 6.42 Å². The van der Waals surface area contributed by atoms with Gasteiger partial charge in [-0.3, -0.25) is 20.2 Å². The van der Waals surface area contributed by atoms with Gasteiger partial charge in [0.15, 0.2) is 0 Å². The van der Waals surface area contributed by atoms with Gasteiger partial charge in [0.2, 0.25) is 11.8 Å². The van der Waals surface area contributed by atoms with Crippen molar-refractivity contribution in [2.75, 3.05) is 0 Å². The van der Waals surface area contributed by atoms with E-state index in [2.05, 4.69) is 17.2 Å². The summed E-state index contributed by atoms with van der Waals surface area (Å²) in [6.07, 6.45) is 2.63. The summed E-state index contributed by atoms with van der Waals surface area (Å²) in [6, 6.07) is 8.82. The third-order valence-electron chi connectivity index (χ3n) is 3.50. The number of carbonyl (C=O) groups is 3. The third-order valence-corrected chi connectivity index (χ3v) is 3.50. The zero-order valence-corrected chi connectivity index (χ0v) is 11.0. The van der Waals surface area contributed by atoms with Gasteiger partial charge in [0.05, 0.1) is 0 Å². The summed E-state index contributed by atoms with van der Waals surface area (Å²) in [5, 5.41) is 4.33. The van der Waals surface area contributed by atoms with E-state index in [1.807, 2.05) is 30.3 Å². The Bertz CT molecular complexity index is 531. The average molecular weight is 272 g/mol. The molecule has 0 spiro atoms. The summed E-state index contributed by atoms with van der Waals surface area (Å²) in [5.41, 5.74) is -0.223. The minimum atomic E-state index is -1.26. The molecule has 5 heteroatoms. The van der Waals surface area contributed by atoms with Crippen LogP contribution in [-0.2, 0) is 16.0 Å². The number of nitrogens with one attached hydrogen (secondary N) is 2. The molecule has 1 aliphatic heterocycles. The molecule has 104 valence electrons. The minimum absolute atomic E-state index is 0.199. The molecule has 2 rings (SSSR count). The highest BCUT2D eigenvalue weighted by Gasteiger charge is 2.48. The van der Waals surface area contributed by atoms with Crippen LogP contribution in [0.15, 0.2) is 43.0 Å². The molecular weight excluding hydrogens is 256 g/mol. The second-order valence-corrected chi connectivity index (χ2v) is 4.80. The summed E-state index contributed by atoms with van der Waals surface area (Å²) in [4.78, 5) is 35.4. The van der Waals surface area contributed by atoms with Crippen molar-refractivity contribution in [2.24, 2.45) is 5.41 Å². The number of aryl methyl sites for hydroxylation is 1. The average Bonchev–Trinajstić information content (AvgIpc) is 2.43. The number of allylic oxidation sites excluding steroid dienone is 1. The highest BCUT2D eigenvalue weighted by Crippen LogP contribution is 2.31. The molecule has 0 aromatic heterocycles. The minimum Gasteiger partial charge on any atom is -0.277 e. The molecule has 0 bridgehead atoms. The lowest BCUT2D eigenvalue weighted by molar-refractivity contribution is -0.144. The summed E-state index contributed by atoms with van der Waals surface area (Å²) in [5.74, 6) is -1.11. The summed E-state index contributed by atoms with van der Waals surface area (Å²) < 4.78 is 0. The number of rotatable bonds is 5. The molecule has 2 N–H and O–H groups in total. The van der Waals surface area contributed by atoms with Crippen molar-refractivity contribution < 1.29 is 14.4 Å². The Labute approximate surface area is 117 Å². The van der Waals surface area contributed by atoms with Crippen LogP contribution in [0, 0.1) is 5.41 Å². The number of hydrogen-bond acceptors (Lipinski definition) is 3. The van der Waals surface area contributed by atoms with Crippen LogP contribution in [0.1, 0.15) is 18.4 Å². The lowest BCUT2D eigenvalue weighted by Gasteiger charge is -2.33. The van der Waals surface area contributed by atoms with Crippen LogP contribution in [0.25, 0.3) is 0 Å². The monoisotopic (exact) mass is 272 g/mol. The van der Waals surface area contributed by atoms with Crippen LogP contribution in [-0.4, -0.2) is 17.8 Å². The second kappa shape index (κ2) is 5.69. The largest absolute Gasteiger partial charge is 0.328 e. The first-order valence-electron chi connectivity index (χ1n) is 6.40. The Hall–Kier alpha value is -2.43. The number of benzene rings is 1. The van der Waals surface area contributed by atoms with Crippen LogP contribution in [0.3, 0.4) is 0 Å². The highest BCUT2D eigenvalue weighted by atomic mass is 16.2. The maximum atomic E-state index is 12.1. The van der Waals surface area contributed by atoms with Gasteiger partial charge in [-0.05, 0) is 24.8 Å². The Balaban J connectivity index is 2.21. The normalized spacial score (nSPS) is 17.3. The molecule has 1 aromatic rings. The number of carbonyl (C=O) groups excluding carboxylic acids is 3. The van der Waals surface area contributed by atoms with E-state index in [4.69, 9.17) is 0 Å². The van der Waals surface area contributed by atoms with Gasteiger partial charge < -0.3 is 0 Å². The van der Waals surface area contributed by atoms with Crippen LogP contribution < -0.4 is 10.6 Å². The molecule has 0 atom stereocenters. The molecule has 20 heavy (non-hydrogen) atoms. The van der Waals surface area contributed by atoms with Gasteiger partial charge in [-0.25, -0.2) is 4.79 Å². The molecule has 1 heterocycles. The van der Waals surface area contributed by atoms with E-state index in [9.17, 15) is 14.4 Å². The smallest absolute Gasteiger partial charge is 0.277 e. The highest BCUT2D eigenvalue weighted by molar-refractivity contribution is 6.19. The number of amides is 4.